The second kappa shape index (κ2) is 10.5. The van der Waals surface area contributed by atoms with Gasteiger partial charge in [-0.3, -0.25) is 9.79 Å². The molecule has 0 bridgehead atoms. The molecule has 1 heterocycles. The zero-order valence-electron chi connectivity index (χ0n) is 15.4. The number of amides is 1. The van der Waals surface area contributed by atoms with Gasteiger partial charge in [-0.2, -0.15) is 0 Å². The first-order chi connectivity index (χ1) is 10.8. The van der Waals surface area contributed by atoms with E-state index in [1.165, 1.54) is 0 Å². The van der Waals surface area contributed by atoms with Gasteiger partial charge in [0.25, 0.3) is 0 Å². The van der Waals surface area contributed by atoms with Crippen molar-refractivity contribution >= 4 is 35.8 Å². The van der Waals surface area contributed by atoms with Gasteiger partial charge >= 0.3 is 0 Å². The van der Waals surface area contributed by atoms with E-state index in [9.17, 15) is 4.79 Å². The molecule has 138 valence electrons. The summed E-state index contributed by atoms with van der Waals surface area (Å²) in [6.07, 6.45) is 0. The highest BCUT2D eigenvalue weighted by Gasteiger charge is 2.27. The summed E-state index contributed by atoms with van der Waals surface area (Å²) in [5, 5.41) is 13.2. The summed E-state index contributed by atoms with van der Waals surface area (Å²) >= 11 is 0. The van der Waals surface area contributed by atoms with Crippen molar-refractivity contribution in [2.24, 2.45) is 10.4 Å². The van der Waals surface area contributed by atoms with Crippen LogP contribution in [0.25, 0.3) is 0 Å². The Kier molecular flexibility index (Phi) is 9.95. The maximum Gasteiger partial charge on any atom is 0.227 e. The van der Waals surface area contributed by atoms with Crippen molar-refractivity contribution in [3.63, 3.8) is 0 Å². The van der Waals surface area contributed by atoms with E-state index in [1.807, 2.05) is 26.8 Å². The molecule has 1 aromatic heterocycles. The molecule has 0 aliphatic rings. The van der Waals surface area contributed by atoms with Gasteiger partial charge in [-0.1, -0.05) is 19.0 Å². The van der Waals surface area contributed by atoms with Gasteiger partial charge in [0, 0.05) is 26.2 Å². The number of guanidine groups is 1. The molecule has 8 heteroatoms. The molecule has 0 aromatic carbocycles. The predicted octanol–water partition coefficient (Wildman–Crippen LogP) is 2.24. The molecule has 0 unspecified atom stereocenters. The zero-order chi connectivity index (χ0) is 17.5. The average molecular weight is 451 g/mol. The number of nitrogens with zero attached hydrogens (tertiary/aromatic N) is 2. The van der Waals surface area contributed by atoms with Crippen molar-refractivity contribution in [3.8, 4) is 0 Å². The fraction of sp³-hybridized carbons (Fsp3) is 0.688. The van der Waals surface area contributed by atoms with Crippen LogP contribution in [0.4, 0.5) is 0 Å². The van der Waals surface area contributed by atoms with Crippen LogP contribution in [0.5, 0.6) is 0 Å². The lowest BCUT2D eigenvalue weighted by molar-refractivity contribution is -0.128. The third kappa shape index (κ3) is 7.06. The summed E-state index contributed by atoms with van der Waals surface area (Å²) in [4.78, 5) is 16.1. The van der Waals surface area contributed by atoms with Crippen LogP contribution in [0.3, 0.4) is 0 Å². The summed E-state index contributed by atoms with van der Waals surface area (Å²) in [6, 6.07) is 1.93. The number of nitrogens with one attached hydrogen (secondary N) is 3. The lowest BCUT2D eigenvalue weighted by Gasteiger charge is -2.24. The lowest BCUT2D eigenvalue weighted by Crippen LogP contribution is -2.47. The third-order valence-electron chi connectivity index (χ3n) is 3.47. The molecule has 24 heavy (non-hydrogen) atoms. The van der Waals surface area contributed by atoms with Gasteiger partial charge in [0.05, 0.1) is 17.7 Å². The minimum absolute atomic E-state index is 0. The minimum atomic E-state index is -0.523. The van der Waals surface area contributed by atoms with Crippen molar-refractivity contribution in [2.75, 3.05) is 20.1 Å². The predicted molar refractivity (Wildman–Crippen MR) is 107 cm³/mol. The van der Waals surface area contributed by atoms with Crippen LogP contribution in [-0.4, -0.2) is 37.2 Å². The molecule has 0 spiro atoms. The first-order valence-electron chi connectivity index (χ1n) is 7.98. The summed E-state index contributed by atoms with van der Waals surface area (Å²) in [6.45, 7) is 11.4. The summed E-state index contributed by atoms with van der Waals surface area (Å²) in [5.41, 5.74) is 0.409. The Hall–Kier alpha value is -1.32. The fourth-order valence-corrected chi connectivity index (χ4v) is 1.86. The number of carbonyl (C=O) groups is 1. The van der Waals surface area contributed by atoms with Crippen molar-refractivity contribution in [1.82, 2.24) is 21.1 Å². The molecule has 0 radical (unpaired) electrons. The van der Waals surface area contributed by atoms with Gasteiger partial charge < -0.3 is 20.5 Å². The second-order valence-electron chi connectivity index (χ2n) is 6.40. The molecule has 3 N–H and O–H groups in total. The number of aliphatic imine (C=N–C) groups is 1. The normalized spacial score (nSPS) is 11.9. The highest BCUT2D eigenvalue weighted by atomic mass is 127. The monoisotopic (exact) mass is 451 g/mol. The van der Waals surface area contributed by atoms with Crippen molar-refractivity contribution < 1.29 is 9.32 Å². The van der Waals surface area contributed by atoms with Gasteiger partial charge in [0.1, 0.15) is 0 Å². The molecule has 0 saturated heterocycles. The SMILES string of the molecule is CCNC(=O)C(C)(C)CNC(=NC)NCc1cc(C(C)C)no1.I. The number of aromatic nitrogens is 1. The number of carbonyl (C=O) groups excluding carboxylic acids is 1. The number of halogens is 1. The molecular weight excluding hydrogens is 421 g/mol. The van der Waals surface area contributed by atoms with E-state index in [-0.39, 0.29) is 29.9 Å². The van der Waals surface area contributed by atoms with Gasteiger partial charge in [-0.05, 0) is 26.7 Å². The van der Waals surface area contributed by atoms with E-state index in [1.54, 1.807) is 7.05 Å². The van der Waals surface area contributed by atoms with Gasteiger partial charge in [0.2, 0.25) is 5.91 Å². The van der Waals surface area contributed by atoms with E-state index in [2.05, 4.69) is 39.9 Å². The van der Waals surface area contributed by atoms with E-state index in [4.69, 9.17) is 4.52 Å². The number of hydrogen-bond donors (Lipinski definition) is 3. The number of rotatable bonds is 7. The Balaban J connectivity index is 0.00000529. The smallest absolute Gasteiger partial charge is 0.227 e. The van der Waals surface area contributed by atoms with Gasteiger partial charge in [0.15, 0.2) is 11.7 Å². The Morgan fingerprint density at radius 1 is 1.33 bits per heavy atom. The highest BCUT2D eigenvalue weighted by molar-refractivity contribution is 14.0. The maximum absolute atomic E-state index is 12.0. The first-order valence-corrected chi connectivity index (χ1v) is 7.98. The fourth-order valence-electron chi connectivity index (χ4n) is 1.86. The molecule has 0 aliphatic heterocycles. The molecule has 0 aliphatic carbocycles. The van der Waals surface area contributed by atoms with Crippen LogP contribution in [0, 0.1) is 5.41 Å². The Morgan fingerprint density at radius 3 is 2.50 bits per heavy atom. The molecular formula is C16H30IN5O2. The van der Waals surface area contributed by atoms with Crippen molar-refractivity contribution in [1.29, 1.82) is 0 Å². The van der Waals surface area contributed by atoms with Crippen LogP contribution < -0.4 is 16.0 Å². The van der Waals surface area contributed by atoms with Crippen LogP contribution in [0.15, 0.2) is 15.6 Å². The standard InChI is InChI=1S/C16H29N5O2.HI/c1-7-18-14(22)16(4,5)10-20-15(17-6)19-9-12-8-13(11(2)3)21-23-12;/h8,11H,7,9-10H2,1-6H3,(H,18,22)(H2,17,19,20);1H. The molecule has 7 nitrogen and oxygen atoms in total. The zero-order valence-corrected chi connectivity index (χ0v) is 17.7. The Morgan fingerprint density at radius 2 is 2.00 bits per heavy atom. The van der Waals surface area contributed by atoms with Crippen LogP contribution in [-0.2, 0) is 11.3 Å². The quantitative estimate of drug-likeness (QED) is 0.336. The summed E-state index contributed by atoms with van der Waals surface area (Å²) in [5.74, 6) is 1.71. The van der Waals surface area contributed by atoms with Crippen LogP contribution in [0.2, 0.25) is 0 Å². The first kappa shape index (κ1) is 22.7. The summed E-state index contributed by atoms with van der Waals surface area (Å²) < 4.78 is 5.28. The summed E-state index contributed by atoms with van der Waals surface area (Å²) in [7, 11) is 1.69. The number of hydrogen-bond acceptors (Lipinski definition) is 4. The molecule has 0 saturated carbocycles. The van der Waals surface area contributed by atoms with Crippen LogP contribution >= 0.6 is 24.0 Å². The largest absolute Gasteiger partial charge is 0.359 e. The van der Waals surface area contributed by atoms with Gasteiger partial charge in [-0.15, -0.1) is 24.0 Å². The molecule has 0 fully saturated rings. The third-order valence-corrected chi connectivity index (χ3v) is 3.47. The Labute approximate surface area is 161 Å². The molecule has 1 rings (SSSR count). The van der Waals surface area contributed by atoms with Gasteiger partial charge in [-0.25, -0.2) is 0 Å². The molecule has 1 aromatic rings. The topological polar surface area (TPSA) is 91.5 Å². The van der Waals surface area contributed by atoms with E-state index < -0.39 is 5.41 Å². The second-order valence-corrected chi connectivity index (χ2v) is 6.40. The highest BCUT2D eigenvalue weighted by Crippen LogP contribution is 2.14. The molecule has 1 amide bonds. The van der Waals surface area contributed by atoms with E-state index in [0.717, 1.165) is 11.5 Å². The van der Waals surface area contributed by atoms with Crippen molar-refractivity contribution in [3.05, 3.63) is 17.5 Å². The minimum Gasteiger partial charge on any atom is -0.359 e. The Bertz CT molecular complexity index is 540. The van der Waals surface area contributed by atoms with E-state index >= 15 is 0 Å². The van der Waals surface area contributed by atoms with Crippen molar-refractivity contribution in [2.45, 2.75) is 47.1 Å². The van der Waals surface area contributed by atoms with Crippen LogP contribution in [0.1, 0.15) is 52.0 Å². The average Bonchev–Trinajstić information content (AvgIpc) is 2.96. The lowest BCUT2D eigenvalue weighted by atomic mass is 9.92. The van der Waals surface area contributed by atoms with E-state index in [0.29, 0.717) is 31.5 Å². The molecule has 0 atom stereocenters. The maximum atomic E-state index is 12.0.